The van der Waals surface area contributed by atoms with Gasteiger partial charge in [0.1, 0.15) is 11.5 Å². The Morgan fingerprint density at radius 1 is 1.10 bits per heavy atom. The number of ether oxygens (including phenoxy) is 2. The average Bonchev–Trinajstić information content (AvgIpc) is 2.72. The van der Waals surface area contributed by atoms with E-state index in [1.807, 2.05) is 24.3 Å². The molecule has 2 N–H and O–H groups in total. The van der Waals surface area contributed by atoms with Crippen LogP contribution in [-0.2, 0) is 0 Å². The van der Waals surface area contributed by atoms with Gasteiger partial charge in [0, 0.05) is 17.3 Å². The van der Waals surface area contributed by atoms with Gasteiger partial charge in [0.25, 0.3) is 5.91 Å². The largest absolute Gasteiger partial charge is 0.494 e. The molecule has 0 aliphatic heterocycles. The number of anilines is 1. The highest BCUT2D eigenvalue weighted by Gasteiger charge is 2.12. The molecule has 0 aliphatic rings. The Bertz CT molecular complexity index is 874. The van der Waals surface area contributed by atoms with Crippen LogP contribution in [-0.4, -0.2) is 24.2 Å². The summed E-state index contributed by atoms with van der Waals surface area (Å²) in [4.78, 5) is 12.5. The van der Waals surface area contributed by atoms with Crippen molar-refractivity contribution < 1.29 is 14.3 Å². The fourth-order valence-electron chi connectivity index (χ4n) is 2.74. The van der Waals surface area contributed by atoms with Gasteiger partial charge in [-0.2, -0.15) is 0 Å². The smallest absolute Gasteiger partial charge is 0.257 e. The van der Waals surface area contributed by atoms with Crippen molar-refractivity contribution in [3.8, 4) is 11.5 Å². The summed E-state index contributed by atoms with van der Waals surface area (Å²) in [5.74, 6) is 1.61. The molecule has 0 spiro atoms. The predicted octanol–water partition coefficient (Wildman–Crippen LogP) is 6.57. The van der Waals surface area contributed by atoms with Crippen LogP contribution in [0.25, 0.3) is 0 Å². The van der Waals surface area contributed by atoms with Gasteiger partial charge in [-0.05, 0) is 70.8 Å². The molecule has 0 saturated heterocycles. The van der Waals surface area contributed by atoms with Crippen molar-refractivity contribution in [3.63, 3.8) is 0 Å². The lowest BCUT2D eigenvalue weighted by Gasteiger charge is -2.13. The highest BCUT2D eigenvalue weighted by molar-refractivity contribution is 9.10. The first-order chi connectivity index (χ1) is 14.9. The van der Waals surface area contributed by atoms with E-state index >= 15 is 0 Å². The van der Waals surface area contributed by atoms with Gasteiger partial charge in [0.15, 0.2) is 5.11 Å². The molecule has 168 valence electrons. The summed E-state index contributed by atoms with van der Waals surface area (Å²) in [5, 5.41) is 5.97. The maximum Gasteiger partial charge on any atom is 0.257 e. The topological polar surface area (TPSA) is 59.6 Å². The molecule has 0 aliphatic carbocycles. The van der Waals surface area contributed by atoms with Crippen molar-refractivity contribution >= 4 is 44.9 Å². The Kier molecular flexibility index (Phi) is 10.8. The number of hydrogen-bond donors (Lipinski definition) is 2. The Hall–Kier alpha value is -2.12. The summed E-state index contributed by atoms with van der Waals surface area (Å²) in [7, 11) is 0. The lowest BCUT2D eigenvalue weighted by Crippen LogP contribution is -2.34. The molecule has 1 amide bonds. The first kappa shape index (κ1) is 25.1. The first-order valence-electron chi connectivity index (χ1n) is 10.7. The van der Waals surface area contributed by atoms with Crippen LogP contribution in [0.4, 0.5) is 5.69 Å². The van der Waals surface area contributed by atoms with Crippen LogP contribution < -0.4 is 20.1 Å². The number of rotatable bonds is 11. The van der Waals surface area contributed by atoms with Gasteiger partial charge >= 0.3 is 0 Å². The fraction of sp³-hybridized carbons (Fsp3) is 0.417. The van der Waals surface area contributed by atoms with Crippen LogP contribution in [0.1, 0.15) is 56.8 Å². The SMILES string of the molecule is CCCCCCOc1cccc(NC(=S)NC(=O)c2ccc(OCC(C)C)c(Br)c2)c1. The number of unbranched alkanes of at least 4 members (excludes halogenated alkanes) is 3. The van der Waals surface area contributed by atoms with Crippen LogP contribution in [0.5, 0.6) is 11.5 Å². The minimum atomic E-state index is -0.295. The minimum absolute atomic E-state index is 0.223. The van der Waals surface area contributed by atoms with Gasteiger partial charge in [-0.15, -0.1) is 0 Å². The summed E-state index contributed by atoms with van der Waals surface area (Å²) >= 11 is 8.76. The molecule has 0 heterocycles. The Morgan fingerprint density at radius 3 is 2.61 bits per heavy atom. The van der Waals surface area contributed by atoms with Crippen molar-refractivity contribution in [2.24, 2.45) is 5.92 Å². The molecule has 0 atom stereocenters. The highest BCUT2D eigenvalue weighted by Crippen LogP contribution is 2.26. The zero-order valence-corrected chi connectivity index (χ0v) is 20.8. The van der Waals surface area contributed by atoms with Gasteiger partial charge in [-0.1, -0.05) is 46.1 Å². The van der Waals surface area contributed by atoms with Crippen molar-refractivity contribution in [1.29, 1.82) is 0 Å². The number of thiocarbonyl (C=S) groups is 1. The number of amides is 1. The molecule has 0 bridgehead atoms. The van der Waals surface area contributed by atoms with Crippen LogP contribution in [0.15, 0.2) is 46.9 Å². The van der Waals surface area contributed by atoms with Crippen molar-refractivity contribution in [3.05, 3.63) is 52.5 Å². The molecule has 2 aromatic rings. The van der Waals surface area contributed by atoms with E-state index in [2.05, 4.69) is 47.3 Å². The zero-order chi connectivity index (χ0) is 22.6. The zero-order valence-electron chi connectivity index (χ0n) is 18.4. The van der Waals surface area contributed by atoms with Crippen LogP contribution in [0.2, 0.25) is 0 Å². The third-order valence-electron chi connectivity index (χ3n) is 4.35. The number of halogens is 1. The minimum Gasteiger partial charge on any atom is -0.494 e. The number of hydrogen-bond acceptors (Lipinski definition) is 4. The summed E-state index contributed by atoms with van der Waals surface area (Å²) in [6.45, 7) is 7.65. The molecule has 0 aromatic heterocycles. The first-order valence-corrected chi connectivity index (χ1v) is 11.9. The Balaban J connectivity index is 1.87. The van der Waals surface area contributed by atoms with Gasteiger partial charge in [0.05, 0.1) is 17.7 Å². The third kappa shape index (κ3) is 9.27. The van der Waals surface area contributed by atoms with E-state index in [-0.39, 0.29) is 11.0 Å². The maximum atomic E-state index is 12.5. The molecular formula is C24H31BrN2O3S. The summed E-state index contributed by atoms with van der Waals surface area (Å²) in [6, 6.07) is 12.8. The molecule has 7 heteroatoms. The van der Waals surface area contributed by atoms with Crippen LogP contribution in [0, 0.1) is 5.92 Å². The summed E-state index contributed by atoms with van der Waals surface area (Å²) < 4.78 is 12.2. The van der Waals surface area contributed by atoms with Gasteiger partial charge in [-0.3, -0.25) is 10.1 Å². The van der Waals surface area contributed by atoms with Gasteiger partial charge in [-0.25, -0.2) is 0 Å². The lowest BCUT2D eigenvalue weighted by atomic mass is 10.2. The molecular weight excluding hydrogens is 476 g/mol. The second kappa shape index (κ2) is 13.3. The second-order valence-electron chi connectivity index (χ2n) is 7.70. The molecule has 0 fully saturated rings. The molecule has 31 heavy (non-hydrogen) atoms. The van der Waals surface area contributed by atoms with E-state index in [0.29, 0.717) is 30.4 Å². The molecule has 0 radical (unpaired) electrons. The van der Waals surface area contributed by atoms with Gasteiger partial charge < -0.3 is 14.8 Å². The van der Waals surface area contributed by atoms with Crippen LogP contribution in [0.3, 0.4) is 0 Å². The van der Waals surface area contributed by atoms with Gasteiger partial charge in [0.2, 0.25) is 0 Å². The standard InChI is InChI=1S/C24H31BrN2O3S/c1-4-5-6-7-13-29-20-10-8-9-19(15-20)26-24(31)27-23(28)18-11-12-22(21(25)14-18)30-16-17(2)3/h8-12,14-15,17H,4-7,13,16H2,1-3H3,(H2,26,27,28,31). The fourth-order valence-corrected chi connectivity index (χ4v) is 3.44. The predicted molar refractivity (Wildman–Crippen MR) is 134 cm³/mol. The molecule has 0 unspecified atom stereocenters. The maximum absolute atomic E-state index is 12.5. The van der Waals surface area contributed by atoms with E-state index in [4.69, 9.17) is 21.7 Å². The summed E-state index contributed by atoms with van der Waals surface area (Å²) in [5.41, 5.74) is 1.24. The van der Waals surface area contributed by atoms with Crippen molar-refractivity contribution in [2.75, 3.05) is 18.5 Å². The quantitative estimate of drug-likeness (QED) is 0.266. The average molecular weight is 507 g/mol. The number of nitrogens with one attached hydrogen (secondary N) is 2. The van der Waals surface area contributed by atoms with E-state index in [1.54, 1.807) is 18.2 Å². The van der Waals surface area contributed by atoms with E-state index in [9.17, 15) is 4.79 Å². The molecule has 2 rings (SSSR count). The Labute approximate surface area is 199 Å². The van der Waals surface area contributed by atoms with E-state index < -0.39 is 0 Å². The van der Waals surface area contributed by atoms with E-state index in [1.165, 1.54) is 19.3 Å². The summed E-state index contributed by atoms with van der Waals surface area (Å²) in [6.07, 6.45) is 4.64. The number of carbonyl (C=O) groups excluding carboxylic acids is 1. The number of benzene rings is 2. The monoisotopic (exact) mass is 506 g/mol. The lowest BCUT2D eigenvalue weighted by molar-refractivity contribution is 0.0977. The molecule has 2 aromatic carbocycles. The van der Waals surface area contributed by atoms with Crippen molar-refractivity contribution in [2.45, 2.75) is 46.5 Å². The normalized spacial score (nSPS) is 10.6. The van der Waals surface area contributed by atoms with E-state index in [0.717, 1.165) is 22.3 Å². The third-order valence-corrected chi connectivity index (χ3v) is 5.18. The van der Waals surface area contributed by atoms with Crippen LogP contribution >= 0.6 is 28.1 Å². The highest BCUT2D eigenvalue weighted by atomic mass is 79.9. The second-order valence-corrected chi connectivity index (χ2v) is 8.96. The molecule has 5 nitrogen and oxygen atoms in total. The number of carbonyl (C=O) groups is 1. The van der Waals surface area contributed by atoms with Crippen molar-refractivity contribution in [1.82, 2.24) is 5.32 Å². The Morgan fingerprint density at radius 2 is 1.90 bits per heavy atom. The molecule has 0 saturated carbocycles.